The molecule has 124 valence electrons. The van der Waals surface area contributed by atoms with Crippen LogP contribution in [-0.4, -0.2) is 34.8 Å². The number of nitrogens with one attached hydrogen (secondary N) is 2. The van der Waals surface area contributed by atoms with Gasteiger partial charge in [0.2, 0.25) is 5.91 Å². The second-order valence-corrected chi connectivity index (χ2v) is 5.72. The van der Waals surface area contributed by atoms with Gasteiger partial charge in [-0.1, -0.05) is 30.3 Å². The highest BCUT2D eigenvalue weighted by molar-refractivity contribution is 5.94. The van der Waals surface area contributed by atoms with Gasteiger partial charge in [-0.25, -0.2) is 5.43 Å². The minimum atomic E-state index is -0.607. The monoisotopic (exact) mass is 324 g/mol. The largest absolute Gasteiger partial charge is 0.341 e. The summed E-state index contributed by atoms with van der Waals surface area (Å²) in [7, 11) is 0. The van der Waals surface area contributed by atoms with Gasteiger partial charge in [0.25, 0.3) is 5.91 Å². The molecule has 6 heteroatoms. The van der Waals surface area contributed by atoms with Gasteiger partial charge in [-0.15, -0.1) is 0 Å². The van der Waals surface area contributed by atoms with E-state index in [4.69, 9.17) is 0 Å². The first-order valence-electron chi connectivity index (χ1n) is 8.05. The third kappa shape index (κ3) is 3.78. The number of nitrogens with zero attached hydrogens (tertiary/aromatic N) is 2. The number of carbonyl (C=O) groups excluding carboxylic acids is 2. The maximum atomic E-state index is 12.8. The van der Waals surface area contributed by atoms with Crippen LogP contribution in [0.1, 0.15) is 34.8 Å². The van der Waals surface area contributed by atoms with Crippen molar-refractivity contribution < 1.29 is 9.59 Å². The van der Waals surface area contributed by atoms with Crippen molar-refractivity contribution in [3.8, 4) is 0 Å². The summed E-state index contributed by atoms with van der Waals surface area (Å²) in [5.41, 5.74) is 6.77. The SMILES string of the molecule is O=C(NN[C@H](C(=O)N1CCCC1)c1ccccc1)c1cccnc1. The summed E-state index contributed by atoms with van der Waals surface area (Å²) in [5.74, 6) is -0.344. The Balaban J connectivity index is 1.72. The first kappa shape index (κ1) is 16.1. The van der Waals surface area contributed by atoms with Crippen molar-refractivity contribution in [3.05, 3.63) is 66.0 Å². The van der Waals surface area contributed by atoms with Crippen molar-refractivity contribution in [1.82, 2.24) is 20.7 Å². The van der Waals surface area contributed by atoms with Gasteiger partial charge in [0.15, 0.2) is 0 Å². The summed E-state index contributed by atoms with van der Waals surface area (Å²) in [6.45, 7) is 1.53. The van der Waals surface area contributed by atoms with E-state index in [9.17, 15) is 9.59 Å². The standard InChI is InChI=1S/C18H20N4O2/c23-17(15-9-6-10-19-13-15)21-20-16(14-7-2-1-3-8-14)18(24)22-11-4-5-12-22/h1-3,6-10,13,16,20H,4-5,11-12H2,(H,21,23)/t16-/m0/s1. The van der Waals surface area contributed by atoms with Crippen LogP contribution in [-0.2, 0) is 4.79 Å². The fraction of sp³-hybridized carbons (Fsp3) is 0.278. The Hall–Kier alpha value is -2.73. The van der Waals surface area contributed by atoms with E-state index in [0.29, 0.717) is 5.56 Å². The lowest BCUT2D eigenvalue weighted by molar-refractivity contribution is -0.132. The second kappa shape index (κ2) is 7.70. The molecule has 0 aliphatic carbocycles. The lowest BCUT2D eigenvalue weighted by Crippen LogP contribution is -2.47. The smallest absolute Gasteiger partial charge is 0.266 e. The van der Waals surface area contributed by atoms with E-state index < -0.39 is 6.04 Å². The summed E-state index contributed by atoms with van der Waals surface area (Å²) >= 11 is 0. The summed E-state index contributed by atoms with van der Waals surface area (Å²) in [6.07, 6.45) is 5.13. The Morgan fingerprint density at radius 2 is 1.79 bits per heavy atom. The van der Waals surface area contributed by atoms with E-state index in [-0.39, 0.29) is 11.8 Å². The maximum absolute atomic E-state index is 12.8. The van der Waals surface area contributed by atoms with Crippen LogP contribution in [0.2, 0.25) is 0 Å². The molecule has 2 aromatic rings. The molecule has 0 bridgehead atoms. The molecule has 1 fully saturated rings. The molecule has 0 spiro atoms. The molecule has 1 aromatic heterocycles. The number of hydrazine groups is 1. The van der Waals surface area contributed by atoms with Gasteiger partial charge in [0.05, 0.1) is 5.56 Å². The minimum Gasteiger partial charge on any atom is -0.341 e. The molecular weight excluding hydrogens is 304 g/mol. The van der Waals surface area contributed by atoms with Gasteiger partial charge in [-0.05, 0) is 30.5 Å². The second-order valence-electron chi connectivity index (χ2n) is 5.72. The van der Waals surface area contributed by atoms with Crippen LogP contribution in [0.5, 0.6) is 0 Å². The molecule has 0 saturated carbocycles. The van der Waals surface area contributed by atoms with Crippen molar-refractivity contribution in [3.63, 3.8) is 0 Å². The van der Waals surface area contributed by atoms with Crippen LogP contribution in [0.4, 0.5) is 0 Å². The van der Waals surface area contributed by atoms with Crippen LogP contribution in [0.15, 0.2) is 54.9 Å². The van der Waals surface area contributed by atoms with Crippen LogP contribution >= 0.6 is 0 Å². The Labute approximate surface area is 140 Å². The third-order valence-electron chi connectivity index (χ3n) is 4.05. The third-order valence-corrected chi connectivity index (χ3v) is 4.05. The summed E-state index contributed by atoms with van der Waals surface area (Å²) in [4.78, 5) is 30.7. The zero-order chi connectivity index (χ0) is 16.8. The highest BCUT2D eigenvalue weighted by atomic mass is 16.2. The van der Waals surface area contributed by atoms with E-state index in [1.165, 1.54) is 6.20 Å². The number of benzene rings is 1. The molecule has 1 atom stereocenters. The van der Waals surface area contributed by atoms with Crippen molar-refractivity contribution in [1.29, 1.82) is 0 Å². The van der Waals surface area contributed by atoms with Crippen molar-refractivity contribution in [2.24, 2.45) is 0 Å². The quantitative estimate of drug-likeness (QED) is 0.821. The van der Waals surface area contributed by atoms with Crippen molar-refractivity contribution in [2.45, 2.75) is 18.9 Å². The molecule has 6 nitrogen and oxygen atoms in total. The lowest BCUT2D eigenvalue weighted by Gasteiger charge is -2.24. The van der Waals surface area contributed by atoms with Crippen molar-refractivity contribution >= 4 is 11.8 Å². The summed E-state index contributed by atoms with van der Waals surface area (Å²) in [5, 5.41) is 0. The number of likely N-dealkylation sites (tertiary alicyclic amines) is 1. The van der Waals surface area contributed by atoms with E-state index in [1.54, 1.807) is 18.3 Å². The van der Waals surface area contributed by atoms with Gasteiger partial charge in [-0.2, -0.15) is 0 Å². The molecule has 1 aliphatic heterocycles. The van der Waals surface area contributed by atoms with Gasteiger partial charge in [0, 0.05) is 25.5 Å². The van der Waals surface area contributed by atoms with E-state index in [1.807, 2.05) is 35.2 Å². The van der Waals surface area contributed by atoms with Crippen LogP contribution < -0.4 is 10.9 Å². The molecular formula is C18H20N4O2. The van der Waals surface area contributed by atoms with E-state index in [0.717, 1.165) is 31.5 Å². The maximum Gasteiger partial charge on any atom is 0.266 e. The molecule has 3 rings (SSSR count). The first-order valence-corrected chi connectivity index (χ1v) is 8.05. The van der Waals surface area contributed by atoms with Crippen LogP contribution in [0.25, 0.3) is 0 Å². The molecule has 24 heavy (non-hydrogen) atoms. The molecule has 2 heterocycles. The normalized spacial score (nSPS) is 15.1. The first-order chi connectivity index (χ1) is 11.8. The molecule has 1 aliphatic rings. The summed E-state index contributed by atoms with van der Waals surface area (Å²) in [6, 6.07) is 12.2. The number of pyridine rings is 1. The minimum absolute atomic E-state index is 0.0230. The fourth-order valence-corrected chi connectivity index (χ4v) is 2.76. The molecule has 2 N–H and O–H groups in total. The molecule has 0 radical (unpaired) electrons. The van der Waals surface area contributed by atoms with Crippen LogP contribution in [0, 0.1) is 0 Å². The predicted molar refractivity (Wildman–Crippen MR) is 89.8 cm³/mol. The molecule has 0 unspecified atom stereocenters. The van der Waals surface area contributed by atoms with E-state index >= 15 is 0 Å². The Bertz CT molecular complexity index is 685. The topological polar surface area (TPSA) is 74.3 Å². The van der Waals surface area contributed by atoms with Gasteiger partial charge in [-0.3, -0.25) is 20.0 Å². The lowest BCUT2D eigenvalue weighted by atomic mass is 10.1. The zero-order valence-electron chi connectivity index (χ0n) is 13.3. The van der Waals surface area contributed by atoms with Gasteiger partial charge in [0.1, 0.15) is 6.04 Å². The number of hydrogen-bond acceptors (Lipinski definition) is 4. The molecule has 1 saturated heterocycles. The Kier molecular flexibility index (Phi) is 5.18. The fourth-order valence-electron chi connectivity index (χ4n) is 2.76. The Morgan fingerprint density at radius 1 is 1.04 bits per heavy atom. The van der Waals surface area contributed by atoms with Gasteiger partial charge >= 0.3 is 0 Å². The Morgan fingerprint density at radius 3 is 2.46 bits per heavy atom. The van der Waals surface area contributed by atoms with E-state index in [2.05, 4.69) is 15.8 Å². The van der Waals surface area contributed by atoms with Crippen molar-refractivity contribution in [2.75, 3.05) is 13.1 Å². The number of hydrogen-bond donors (Lipinski definition) is 2. The average molecular weight is 324 g/mol. The number of carbonyl (C=O) groups is 2. The molecule has 1 aromatic carbocycles. The highest BCUT2D eigenvalue weighted by Crippen LogP contribution is 2.18. The summed E-state index contributed by atoms with van der Waals surface area (Å²) < 4.78 is 0. The van der Waals surface area contributed by atoms with Crippen LogP contribution in [0.3, 0.4) is 0 Å². The number of amides is 2. The van der Waals surface area contributed by atoms with Gasteiger partial charge < -0.3 is 4.90 Å². The predicted octanol–water partition coefficient (Wildman–Crippen LogP) is 1.68. The zero-order valence-corrected chi connectivity index (χ0v) is 13.3. The molecule has 2 amide bonds. The number of aromatic nitrogens is 1. The average Bonchev–Trinajstić information content (AvgIpc) is 3.18. The number of rotatable bonds is 5. The highest BCUT2D eigenvalue weighted by Gasteiger charge is 2.28.